The maximum Gasteiger partial charge on any atom is 0.351 e. The molecule has 0 fully saturated rings. The molecule has 1 rings (SSSR count). The molecule has 0 saturated carbocycles. The number of aliphatic carboxylic acids is 1. The highest BCUT2D eigenvalue weighted by Gasteiger charge is 2.00. The van der Waals surface area contributed by atoms with E-state index in [0.717, 1.165) is 0 Å². The minimum Gasteiger partial charge on any atom is -0.506 e. The van der Waals surface area contributed by atoms with Gasteiger partial charge in [0.15, 0.2) is 0 Å². The second-order valence-electron chi connectivity index (χ2n) is 3.17. The van der Waals surface area contributed by atoms with Gasteiger partial charge in [-0.15, -0.1) is 0 Å². The van der Waals surface area contributed by atoms with Crippen LogP contribution in [0.5, 0.6) is 0 Å². The van der Waals surface area contributed by atoms with E-state index < -0.39 is 5.97 Å². The Labute approximate surface area is 103 Å². The molecule has 0 aliphatic carbocycles. The van der Waals surface area contributed by atoms with Crippen molar-refractivity contribution in [2.75, 3.05) is 0 Å². The zero-order valence-corrected chi connectivity index (χ0v) is 9.77. The Morgan fingerprint density at radius 3 is 2.47 bits per heavy atom. The fourth-order valence-electron chi connectivity index (χ4n) is 0.942. The Kier molecular flexibility index (Phi) is 4.54. The summed E-state index contributed by atoms with van der Waals surface area (Å²) >= 11 is 5.69. The molecule has 0 atom stereocenters. The SMILES string of the molecule is C/C(=N\N/C=C(\O)c1ccc(Cl)cc1)C(=O)O. The van der Waals surface area contributed by atoms with Crippen molar-refractivity contribution in [3.05, 3.63) is 41.1 Å². The van der Waals surface area contributed by atoms with E-state index >= 15 is 0 Å². The molecule has 0 saturated heterocycles. The van der Waals surface area contributed by atoms with Crippen molar-refractivity contribution in [1.29, 1.82) is 0 Å². The van der Waals surface area contributed by atoms with Gasteiger partial charge in [-0.1, -0.05) is 11.6 Å². The van der Waals surface area contributed by atoms with Crippen LogP contribution < -0.4 is 5.43 Å². The lowest BCUT2D eigenvalue weighted by molar-refractivity contribution is -0.129. The lowest BCUT2D eigenvalue weighted by atomic mass is 10.2. The number of nitrogens with one attached hydrogen (secondary N) is 1. The number of aliphatic hydroxyl groups excluding tert-OH is 1. The van der Waals surface area contributed by atoms with Crippen molar-refractivity contribution in [2.45, 2.75) is 6.92 Å². The van der Waals surface area contributed by atoms with Gasteiger partial charge in [0, 0.05) is 10.6 Å². The van der Waals surface area contributed by atoms with Gasteiger partial charge < -0.3 is 10.2 Å². The molecule has 90 valence electrons. The number of carboxylic acid groups (broad SMARTS) is 1. The second-order valence-corrected chi connectivity index (χ2v) is 3.60. The van der Waals surface area contributed by atoms with Crippen LogP contribution >= 0.6 is 11.6 Å². The lowest BCUT2D eigenvalue weighted by Crippen LogP contribution is -2.12. The minimum absolute atomic E-state index is 0.0661. The fraction of sp³-hybridized carbons (Fsp3) is 0.0909. The monoisotopic (exact) mass is 254 g/mol. The van der Waals surface area contributed by atoms with Gasteiger partial charge >= 0.3 is 5.97 Å². The third-order valence-electron chi connectivity index (χ3n) is 1.88. The van der Waals surface area contributed by atoms with Crippen LogP contribution in [0.15, 0.2) is 35.6 Å². The van der Waals surface area contributed by atoms with Gasteiger partial charge in [-0.05, 0) is 31.2 Å². The molecule has 1 aromatic carbocycles. The number of nitrogens with zero attached hydrogens (tertiary/aromatic N) is 1. The molecule has 0 aliphatic rings. The molecular formula is C11H11ClN2O3. The highest BCUT2D eigenvalue weighted by atomic mass is 35.5. The quantitative estimate of drug-likeness (QED) is 0.437. The van der Waals surface area contributed by atoms with Gasteiger partial charge in [0.05, 0.1) is 6.20 Å². The number of hydrazone groups is 1. The average Bonchev–Trinajstić information content (AvgIpc) is 2.29. The second kappa shape index (κ2) is 5.91. The molecule has 0 aromatic heterocycles. The van der Waals surface area contributed by atoms with E-state index in [1.807, 2.05) is 0 Å². The van der Waals surface area contributed by atoms with Gasteiger partial charge in [0.2, 0.25) is 0 Å². The van der Waals surface area contributed by atoms with E-state index in [2.05, 4.69) is 10.5 Å². The first kappa shape index (κ1) is 13.1. The molecule has 0 radical (unpaired) electrons. The number of rotatable bonds is 4. The Balaban J connectivity index is 2.70. The van der Waals surface area contributed by atoms with E-state index in [4.69, 9.17) is 16.7 Å². The summed E-state index contributed by atoms with van der Waals surface area (Å²) in [5, 5.41) is 22.2. The summed E-state index contributed by atoms with van der Waals surface area (Å²) in [6.45, 7) is 1.34. The van der Waals surface area contributed by atoms with E-state index in [-0.39, 0.29) is 11.5 Å². The summed E-state index contributed by atoms with van der Waals surface area (Å²) in [5.74, 6) is -1.19. The number of benzene rings is 1. The first-order valence-corrected chi connectivity index (χ1v) is 5.06. The van der Waals surface area contributed by atoms with Crippen molar-refractivity contribution >= 4 is 29.0 Å². The van der Waals surface area contributed by atoms with E-state index in [9.17, 15) is 9.90 Å². The smallest absolute Gasteiger partial charge is 0.351 e. The summed E-state index contributed by atoms with van der Waals surface area (Å²) in [7, 11) is 0. The van der Waals surface area contributed by atoms with Crippen LogP contribution in [0.1, 0.15) is 12.5 Å². The molecular weight excluding hydrogens is 244 g/mol. The minimum atomic E-state index is -1.13. The van der Waals surface area contributed by atoms with E-state index in [0.29, 0.717) is 10.6 Å². The molecule has 1 aromatic rings. The highest BCUT2D eigenvalue weighted by Crippen LogP contribution is 2.14. The average molecular weight is 255 g/mol. The van der Waals surface area contributed by atoms with Gasteiger partial charge in [0.1, 0.15) is 11.5 Å². The first-order valence-electron chi connectivity index (χ1n) is 4.69. The summed E-state index contributed by atoms with van der Waals surface area (Å²) in [6, 6.07) is 6.52. The maximum absolute atomic E-state index is 10.4. The largest absolute Gasteiger partial charge is 0.506 e. The number of hydrogen-bond acceptors (Lipinski definition) is 4. The molecule has 5 nitrogen and oxygen atoms in total. The predicted octanol–water partition coefficient (Wildman–Crippen LogP) is 2.25. The summed E-state index contributed by atoms with van der Waals surface area (Å²) in [5.41, 5.74) is 2.78. The van der Waals surface area contributed by atoms with Gasteiger partial charge in [-0.3, -0.25) is 5.43 Å². The van der Waals surface area contributed by atoms with Crippen molar-refractivity contribution in [1.82, 2.24) is 5.43 Å². The number of halogens is 1. The van der Waals surface area contributed by atoms with Crippen molar-refractivity contribution in [3.8, 4) is 0 Å². The third kappa shape index (κ3) is 4.16. The molecule has 0 aliphatic heterocycles. The van der Waals surface area contributed by atoms with Crippen LogP contribution in [0.3, 0.4) is 0 Å². The standard InChI is InChI=1S/C11H11ClN2O3/c1-7(11(16)17)14-13-6-10(15)8-2-4-9(12)5-3-8/h2-6,13,15H,1H3,(H,16,17)/b10-6-,14-7+. The number of aliphatic hydroxyl groups is 1. The summed E-state index contributed by atoms with van der Waals surface area (Å²) < 4.78 is 0. The Bertz CT molecular complexity index is 466. The normalized spacial score (nSPS) is 12.4. The maximum atomic E-state index is 10.4. The van der Waals surface area contributed by atoms with Gasteiger partial charge in [0.25, 0.3) is 0 Å². The Morgan fingerprint density at radius 2 is 1.94 bits per heavy atom. The van der Waals surface area contributed by atoms with Crippen LogP contribution in [0.25, 0.3) is 5.76 Å². The lowest BCUT2D eigenvalue weighted by Gasteiger charge is -2.00. The summed E-state index contributed by atoms with van der Waals surface area (Å²) in [6.07, 6.45) is 1.19. The number of carboxylic acids is 1. The number of hydrogen-bond donors (Lipinski definition) is 3. The molecule has 0 bridgehead atoms. The molecule has 0 amide bonds. The fourth-order valence-corrected chi connectivity index (χ4v) is 1.07. The zero-order chi connectivity index (χ0) is 12.8. The molecule has 6 heteroatoms. The Morgan fingerprint density at radius 1 is 1.35 bits per heavy atom. The van der Waals surface area contributed by atoms with Gasteiger partial charge in [-0.25, -0.2) is 4.79 Å². The van der Waals surface area contributed by atoms with Crippen LogP contribution in [-0.2, 0) is 4.79 Å². The van der Waals surface area contributed by atoms with Crippen LogP contribution in [-0.4, -0.2) is 21.9 Å². The molecule has 3 N–H and O–H groups in total. The summed E-state index contributed by atoms with van der Waals surface area (Å²) in [4.78, 5) is 10.4. The zero-order valence-electron chi connectivity index (χ0n) is 9.01. The Hall–Kier alpha value is -2.01. The number of carbonyl (C=O) groups is 1. The van der Waals surface area contributed by atoms with Crippen LogP contribution in [0, 0.1) is 0 Å². The van der Waals surface area contributed by atoms with Crippen LogP contribution in [0.2, 0.25) is 5.02 Å². The molecule has 0 spiro atoms. The van der Waals surface area contributed by atoms with E-state index in [1.54, 1.807) is 24.3 Å². The van der Waals surface area contributed by atoms with Crippen molar-refractivity contribution < 1.29 is 15.0 Å². The molecule has 0 unspecified atom stereocenters. The molecule has 17 heavy (non-hydrogen) atoms. The van der Waals surface area contributed by atoms with Crippen molar-refractivity contribution in [2.24, 2.45) is 5.10 Å². The topological polar surface area (TPSA) is 81.9 Å². The van der Waals surface area contributed by atoms with E-state index in [1.165, 1.54) is 13.1 Å². The van der Waals surface area contributed by atoms with Crippen molar-refractivity contribution in [3.63, 3.8) is 0 Å². The molecule has 0 heterocycles. The van der Waals surface area contributed by atoms with Gasteiger partial charge in [-0.2, -0.15) is 5.10 Å². The predicted molar refractivity (Wildman–Crippen MR) is 65.9 cm³/mol. The third-order valence-corrected chi connectivity index (χ3v) is 2.13. The van der Waals surface area contributed by atoms with Crippen LogP contribution in [0.4, 0.5) is 0 Å². The highest BCUT2D eigenvalue weighted by molar-refractivity contribution is 6.34. The first-order chi connectivity index (χ1) is 8.00.